The molecule has 0 fully saturated rings. The van der Waals surface area contributed by atoms with Crippen LogP contribution in [0.5, 0.6) is 0 Å². The molecular formula is C16H13ClN8. The number of aryl methyl sites for hydroxylation is 1. The van der Waals surface area contributed by atoms with E-state index in [0.717, 1.165) is 28.5 Å². The van der Waals surface area contributed by atoms with E-state index in [4.69, 9.17) is 16.6 Å². The third-order valence-corrected chi connectivity index (χ3v) is 4.55. The fourth-order valence-electron chi connectivity index (χ4n) is 3.13. The number of halogens is 1. The van der Waals surface area contributed by atoms with Gasteiger partial charge in [0.25, 0.3) is 0 Å². The Morgan fingerprint density at radius 2 is 2.16 bits per heavy atom. The normalized spacial score (nSPS) is 12.4. The van der Waals surface area contributed by atoms with Crippen LogP contribution >= 0.6 is 11.6 Å². The van der Waals surface area contributed by atoms with Gasteiger partial charge in [-0.25, -0.2) is 24.3 Å². The Morgan fingerprint density at radius 1 is 1.24 bits per heavy atom. The van der Waals surface area contributed by atoms with E-state index < -0.39 is 0 Å². The number of aromatic nitrogens is 8. The molecule has 0 amide bonds. The first-order valence-corrected chi connectivity index (χ1v) is 8.16. The van der Waals surface area contributed by atoms with E-state index in [1.807, 2.05) is 36.1 Å². The standard InChI is InChI=1S/C16H13ClN8/c1-10-14-5-25-16(21-15(22-25)6-23-8-18-7-20-23)12-4-11(17)2-3-13(12)24(14)9-19-10/h2-4,7-9H,5-6H2,1H3. The molecule has 8 nitrogen and oxygen atoms in total. The van der Waals surface area contributed by atoms with Crippen molar-refractivity contribution in [1.82, 2.24) is 39.1 Å². The summed E-state index contributed by atoms with van der Waals surface area (Å²) in [5.41, 5.74) is 3.99. The quantitative estimate of drug-likeness (QED) is 0.486. The molecule has 4 aromatic rings. The van der Waals surface area contributed by atoms with E-state index >= 15 is 0 Å². The topological polar surface area (TPSA) is 79.2 Å². The predicted molar refractivity (Wildman–Crippen MR) is 90.6 cm³/mol. The van der Waals surface area contributed by atoms with Crippen LogP contribution in [0.1, 0.15) is 17.2 Å². The Hall–Kier alpha value is -3.00. The lowest BCUT2D eigenvalue weighted by Crippen LogP contribution is -2.07. The Kier molecular flexibility index (Phi) is 3.01. The third kappa shape index (κ3) is 2.25. The minimum Gasteiger partial charge on any atom is -0.300 e. The summed E-state index contributed by atoms with van der Waals surface area (Å²) in [5, 5.41) is 9.44. The molecule has 0 spiro atoms. The van der Waals surface area contributed by atoms with Gasteiger partial charge in [-0.05, 0) is 25.1 Å². The molecule has 9 heteroatoms. The Labute approximate surface area is 147 Å². The third-order valence-electron chi connectivity index (χ3n) is 4.32. The maximum absolute atomic E-state index is 6.25. The van der Waals surface area contributed by atoms with Gasteiger partial charge < -0.3 is 4.57 Å². The van der Waals surface area contributed by atoms with Gasteiger partial charge in [-0.15, -0.1) is 0 Å². The minimum atomic E-state index is 0.466. The molecule has 0 N–H and O–H groups in total. The second-order valence-corrected chi connectivity index (χ2v) is 6.35. The van der Waals surface area contributed by atoms with Crippen LogP contribution in [0.2, 0.25) is 5.02 Å². The van der Waals surface area contributed by atoms with Gasteiger partial charge in [0, 0.05) is 10.6 Å². The number of rotatable bonds is 2. The molecule has 0 unspecified atom stereocenters. The van der Waals surface area contributed by atoms with Gasteiger partial charge in [0.15, 0.2) is 11.6 Å². The van der Waals surface area contributed by atoms with Crippen LogP contribution in [0, 0.1) is 6.92 Å². The summed E-state index contributed by atoms with van der Waals surface area (Å²) in [4.78, 5) is 13.1. The van der Waals surface area contributed by atoms with Crippen molar-refractivity contribution < 1.29 is 0 Å². The van der Waals surface area contributed by atoms with E-state index in [-0.39, 0.29) is 0 Å². The maximum Gasteiger partial charge on any atom is 0.172 e. The lowest BCUT2D eigenvalue weighted by Gasteiger charge is -2.08. The summed E-state index contributed by atoms with van der Waals surface area (Å²) in [7, 11) is 0. The molecule has 3 aromatic heterocycles. The molecule has 25 heavy (non-hydrogen) atoms. The van der Waals surface area contributed by atoms with Crippen molar-refractivity contribution in [1.29, 1.82) is 0 Å². The summed E-state index contributed by atoms with van der Waals surface area (Å²) in [6, 6.07) is 5.78. The Balaban J connectivity index is 1.70. The van der Waals surface area contributed by atoms with Crippen molar-refractivity contribution in [3.63, 3.8) is 0 Å². The molecule has 1 aromatic carbocycles. The molecule has 0 saturated carbocycles. The van der Waals surface area contributed by atoms with Crippen molar-refractivity contribution in [3.05, 3.63) is 59.4 Å². The van der Waals surface area contributed by atoms with Gasteiger partial charge in [0.2, 0.25) is 0 Å². The van der Waals surface area contributed by atoms with E-state index in [2.05, 4.69) is 24.7 Å². The highest BCUT2D eigenvalue weighted by molar-refractivity contribution is 6.31. The summed E-state index contributed by atoms with van der Waals surface area (Å²) < 4.78 is 5.67. The van der Waals surface area contributed by atoms with Gasteiger partial charge >= 0.3 is 0 Å². The molecule has 4 heterocycles. The van der Waals surface area contributed by atoms with Crippen molar-refractivity contribution >= 4 is 11.6 Å². The second-order valence-electron chi connectivity index (χ2n) is 5.91. The van der Waals surface area contributed by atoms with Crippen LogP contribution in [0.3, 0.4) is 0 Å². The largest absolute Gasteiger partial charge is 0.300 e. The Morgan fingerprint density at radius 3 is 3.00 bits per heavy atom. The van der Waals surface area contributed by atoms with E-state index in [9.17, 15) is 0 Å². The van der Waals surface area contributed by atoms with Gasteiger partial charge in [-0.2, -0.15) is 10.2 Å². The summed E-state index contributed by atoms with van der Waals surface area (Å²) >= 11 is 6.25. The molecule has 5 rings (SSSR count). The molecule has 1 aliphatic rings. The number of fused-ring (bicyclic) bond motifs is 5. The molecule has 1 aliphatic heterocycles. The monoisotopic (exact) mass is 352 g/mol. The SMILES string of the molecule is Cc1ncn2c1Cn1nc(Cn3cncn3)nc1-c1cc(Cl)ccc1-2. The van der Waals surface area contributed by atoms with Gasteiger partial charge in [0.1, 0.15) is 19.2 Å². The van der Waals surface area contributed by atoms with Crippen molar-refractivity contribution in [2.45, 2.75) is 20.0 Å². The summed E-state index contributed by atoms with van der Waals surface area (Å²) in [6.07, 6.45) is 4.98. The average molecular weight is 353 g/mol. The van der Waals surface area contributed by atoms with Crippen LogP contribution in [-0.2, 0) is 13.1 Å². The zero-order valence-electron chi connectivity index (χ0n) is 13.3. The molecule has 0 atom stereocenters. The van der Waals surface area contributed by atoms with Crippen molar-refractivity contribution in [2.24, 2.45) is 0 Å². The van der Waals surface area contributed by atoms with Gasteiger partial charge in [0.05, 0.1) is 29.9 Å². The lowest BCUT2D eigenvalue weighted by atomic mass is 10.1. The fraction of sp³-hybridized carbons (Fsp3) is 0.188. The molecule has 0 radical (unpaired) electrons. The zero-order valence-corrected chi connectivity index (χ0v) is 14.1. The highest BCUT2D eigenvalue weighted by Crippen LogP contribution is 2.33. The summed E-state index contributed by atoms with van der Waals surface area (Å²) in [5.74, 6) is 1.47. The second kappa shape index (κ2) is 5.25. The predicted octanol–water partition coefficient (Wildman–Crippen LogP) is 2.09. The molecule has 124 valence electrons. The van der Waals surface area contributed by atoms with Crippen LogP contribution in [0.15, 0.2) is 37.2 Å². The number of imidazole rings is 1. The van der Waals surface area contributed by atoms with E-state index in [1.165, 1.54) is 6.33 Å². The lowest BCUT2D eigenvalue weighted by molar-refractivity contribution is 0.620. The smallest absolute Gasteiger partial charge is 0.172 e. The first-order valence-electron chi connectivity index (χ1n) is 7.78. The number of hydrogen-bond acceptors (Lipinski definition) is 5. The number of nitrogens with zero attached hydrogens (tertiary/aromatic N) is 8. The number of benzene rings is 1. The highest BCUT2D eigenvalue weighted by Gasteiger charge is 2.24. The fourth-order valence-corrected chi connectivity index (χ4v) is 3.30. The summed E-state index contributed by atoms with van der Waals surface area (Å²) in [6.45, 7) is 3.06. The van der Waals surface area contributed by atoms with Crippen LogP contribution in [0.25, 0.3) is 17.1 Å². The highest BCUT2D eigenvalue weighted by atomic mass is 35.5. The first-order chi connectivity index (χ1) is 12.2. The van der Waals surface area contributed by atoms with Crippen LogP contribution < -0.4 is 0 Å². The zero-order chi connectivity index (χ0) is 17.0. The van der Waals surface area contributed by atoms with E-state index in [0.29, 0.717) is 23.9 Å². The van der Waals surface area contributed by atoms with Crippen LogP contribution in [0.4, 0.5) is 0 Å². The average Bonchev–Trinajstić information content (AvgIpc) is 3.30. The van der Waals surface area contributed by atoms with Crippen molar-refractivity contribution in [2.75, 3.05) is 0 Å². The maximum atomic E-state index is 6.25. The van der Waals surface area contributed by atoms with Gasteiger partial charge in [-0.3, -0.25) is 0 Å². The molecule has 0 aliphatic carbocycles. The Bertz CT molecular complexity index is 1080. The van der Waals surface area contributed by atoms with Crippen molar-refractivity contribution in [3.8, 4) is 17.1 Å². The minimum absolute atomic E-state index is 0.466. The molecule has 0 saturated heterocycles. The first kappa shape index (κ1) is 14.4. The molecule has 0 bridgehead atoms. The molecular weight excluding hydrogens is 340 g/mol. The van der Waals surface area contributed by atoms with E-state index in [1.54, 1.807) is 11.0 Å². The van der Waals surface area contributed by atoms with Crippen LogP contribution in [-0.4, -0.2) is 39.1 Å². The number of hydrogen-bond donors (Lipinski definition) is 0. The van der Waals surface area contributed by atoms with Gasteiger partial charge in [-0.1, -0.05) is 11.6 Å².